The second-order valence-electron chi connectivity index (χ2n) is 8.63. The van der Waals surface area contributed by atoms with Gasteiger partial charge in [0.05, 0.1) is 10.9 Å². The molecule has 9 nitrogen and oxygen atoms in total. The summed E-state index contributed by atoms with van der Waals surface area (Å²) in [5.74, 6) is 4.59. The lowest BCUT2D eigenvalue weighted by Gasteiger charge is -2.45. The molecule has 168 valence electrons. The van der Waals surface area contributed by atoms with Crippen molar-refractivity contribution in [1.29, 1.82) is 0 Å². The van der Waals surface area contributed by atoms with Crippen LogP contribution < -0.4 is 11.5 Å². The molecule has 0 bridgehead atoms. The summed E-state index contributed by atoms with van der Waals surface area (Å²) in [6, 6.07) is 6.10. The molecule has 32 heavy (non-hydrogen) atoms. The van der Waals surface area contributed by atoms with E-state index >= 15 is 0 Å². The fraction of sp³-hybridized carbons (Fsp3) is 0.409. The van der Waals surface area contributed by atoms with Crippen LogP contribution >= 0.6 is 0 Å². The van der Waals surface area contributed by atoms with Gasteiger partial charge in [-0.2, -0.15) is 5.10 Å². The largest absolute Gasteiger partial charge is 0.383 e. The lowest BCUT2D eigenvalue weighted by atomic mass is 9.65. The molecule has 0 radical (unpaired) electrons. The van der Waals surface area contributed by atoms with Crippen LogP contribution in [0.15, 0.2) is 29.2 Å². The third-order valence-corrected chi connectivity index (χ3v) is 7.52. The summed E-state index contributed by atoms with van der Waals surface area (Å²) in [4.78, 5) is 26.2. The molecule has 1 aromatic heterocycles. The van der Waals surface area contributed by atoms with Gasteiger partial charge in [-0.05, 0) is 49.7 Å². The lowest BCUT2D eigenvalue weighted by molar-refractivity contribution is -0.125. The van der Waals surface area contributed by atoms with Crippen LogP contribution in [0.3, 0.4) is 0 Å². The van der Waals surface area contributed by atoms with Crippen molar-refractivity contribution in [2.24, 2.45) is 11.1 Å². The molecule has 4 N–H and O–H groups in total. The van der Waals surface area contributed by atoms with Crippen molar-refractivity contribution >= 4 is 27.5 Å². The van der Waals surface area contributed by atoms with E-state index in [1.54, 1.807) is 28.6 Å². The van der Waals surface area contributed by atoms with Crippen LogP contribution in [0.5, 0.6) is 0 Å². The molecule has 1 spiro atoms. The maximum atomic E-state index is 12.1. The minimum Gasteiger partial charge on any atom is -0.383 e. The number of nitrogen functional groups attached to an aromatic ring is 1. The summed E-state index contributed by atoms with van der Waals surface area (Å²) in [6.07, 6.45) is 3.59. The Labute approximate surface area is 186 Å². The molecular weight excluding hydrogens is 430 g/mol. The number of sulfone groups is 1. The van der Waals surface area contributed by atoms with E-state index in [4.69, 9.17) is 11.5 Å². The number of hydrogen-bond acceptors (Lipinski definition) is 6. The highest BCUT2D eigenvalue weighted by Crippen LogP contribution is 2.54. The number of nitrogens with two attached hydrogens (primary N) is 2. The van der Waals surface area contributed by atoms with E-state index in [0.29, 0.717) is 24.3 Å². The van der Waals surface area contributed by atoms with Crippen LogP contribution in [0.25, 0.3) is 11.3 Å². The Kier molecular flexibility index (Phi) is 5.25. The first-order valence-corrected chi connectivity index (χ1v) is 12.1. The first kappa shape index (κ1) is 21.9. The van der Waals surface area contributed by atoms with Gasteiger partial charge >= 0.3 is 0 Å². The summed E-state index contributed by atoms with van der Waals surface area (Å²) >= 11 is 0. The van der Waals surface area contributed by atoms with E-state index in [-0.39, 0.29) is 33.6 Å². The van der Waals surface area contributed by atoms with Gasteiger partial charge in [0.2, 0.25) is 0 Å². The van der Waals surface area contributed by atoms with Crippen LogP contribution in [-0.4, -0.2) is 54.3 Å². The van der Waals surface area contributed by atoms with Crippen LogP contribution in [0.1, 0.15) is 42.6 Å². The van der Waals surface area contributed by atoms with Gasteiger partial charge in [-0.3, -0.25) is 9.59 Å². The van der Waals surface area contributed by atoms with E-state index in [0.717, 1.165) is 25.5 Å². The fourth-order valence-electron chi connectivity index (χ4n) is 4.77. The predicted molar refractivity (Wildman–Crippen MR) is 119 cm³/mol. The SMILES string of the molecule is CC#CC(=O)N1CCC2(CC(n3nc(-c4ccc(S(C)(=O)=O)cc4)c(C(N)=O)c3N)C2)C1. The summed E-state index contributed by atoms with van der Waals surface area (Å²) in [5.41, 5.74) is 12.9. The third-order valence-electron chi connectivity index (χ3n) is 6.39. The van der Waals surface area contributed by atoms with Gasteiger partial charge in [0.1, 0.15) is 17.1 Å². The number of nitrogens with zero attached hydrogens (tertiary/aromatic N) is 3. The maximum absolute atomic E-state index is 12.1. The molecule has 2 aromatic rings. The lowest BCUT2D eigenvalue weighted by Crippen LogP contribution is -2.42. The van der Waals surface area contributed by atoms with Crippen LogP contribution in [0, 0.1) is 17.3 Å². The van der Waals surface area contributed by atoms with E-state index in [1.807, 2.05) is 0 Å². The van der Waals surface area contributed by atoms with Crippen molar-refractivity contribution in [3.05, 3.63) is 29.8 Å². The minimum absolute atomic E-state index is 0.00976. The summed E-state index contributed by atoms with van der Waals surface area (Å²) < 4.78 is 25.1. The average Bonchev–Trinajstić information content (AvgIpc) is 3.28. The van der Waals surface area contributed by atoms with Gasteiger partial charge in [-0.25, -0.2) is 13.1 Å². The number of rotatable bonds is 4. The zero-order valence-electron chi connectivity index (χ0n) is 18.0. The molecule has 1 aliphatic heterocycles. The van der Waals surface area contributed by atoms with Crippen LogP contribution in [0.4, 0.5) is 5.82 Å². The summed E-state index contributed by atoms with van der Waals surface area (Å²) in [7, 11) is -3.35. The molecule has 1 aromatic carbocycles. The first-order chi connectivity index (χ1) is 15.0. The normalized spacial score (nSPS) is 22.3. The second-order valence-corrected chi connectivity index (χ2v) is 10.6. The first-order valence-electron chi connectivity index (χ1n) is 10.2. The quantitative estimate of drug-likeness (QED) is 0.664. The molecule has 1 saturated heterocycles. The molecule has 2 heterocycles. The predicted octanol–water partition coefficient (Wildman–Crippen LogP) is 1.21. The molecule has 1 saturated carbocycles. The highest BCUT2D eigenvalue weighted by molar-refractivity contribution is 7.90. The molecular formula is C22H25N5O4S. The second kappa shape index (κ2) is 7.67. The number of hydrogen-bond donors (Lipinski definition) is 2. The molecule has 0 unspecified atom stereocenters. The number of carbonyl (C=O) groups excluding carboxylic acids is 2. The van der Waals surface area contributed by atoms with Gasteiger partial charge < -0.3 is 16.4 Å². The van der Waals surface area contributed by atoms with E-state index in [1.165, 1.54) is 12.1 Å². The fourth-order valence-corrected chi connectivity index (χ4v) is 5.40. The van der Waals surface area contributed by atoms with Crippen molar-refractivity contribution in [1.82, 2.24) is 14.7 Å². The molecule has 1 aliphatic carbocycles. The van der Waals surface area contributed by atoms with Crippen molar-refractivity contribution in [3.63, 3.8) is 0 Å². The molecule has 10 heteroatoms. The number of primary amides is 1. The average molecular weight is 456 g/mol. The Bertz CT molecular complexity index is 1260. The smallest absolute Gasteiger partial charge is 0.298 e. The molecule has 2 fully saturated rings. The monoisotopic (exact) mass is 455 g/mol. The van der Waals surface area contributed by atoms with Crippen molar-refractivity contribution in [3.8, 4) is 23.1 Å². The van der Waals surface area contributed by atoms with Gasteiger partial charge in [0.25, 0.3) is 11.8 Å². The number of amides is 2. The topological polar surface area (TPSA) is 141 Å². The molecule has 2 aliphatic rings. The number of carbonyl (C=O) groups is 2. The number of anilines is 1. The highest BCUT2D eigenvalue weighted by atomic mass is 32.2. The van der Waals surface area contributed by atoms with Gasteiger partial charge in [0, 0.05) is 24.9 Å². The maximum Gasteiger partial charge on any atom is 0.298 e. The molecule has 4 rings (SSSR count). The molecule has 0 atom stereocenters. The van der Waals surface area contributed by atoms with Crippen LogP contribution in [0.2, 0.25) is 0 Å². The Morgan fingerprint density at radius 2 is 1.88 bits per heavy atom. The number of likely N-dealkylation sites (tertiary alicyclic amines) is 1. The Morgan fingerprint density at radius 3 is 2.44 bits per heavy atom. The van der Waals surface area contributed by atoms with Crippen molar-refractivity contribution in [2.45, 2.75) is 37.1 Å². The zero-order valence-corrected chi connectivity index (χ0v) is 18.8. The summed E-state index contributed by atoms with van der Waals surface area (Å²) in [6.45, 7) is 2.98. The number of benzene rings is 1. The minimum atomic E-state index is -3.35. The van der Waals surface area contributed by atoms with Crippen molar-refractivity contribution < 1.29 is 18.0 Å². The zero-order chi connectivity index (χ0) is 23.3. The Hall–Kier alpha value is -3.32. The van der Waals surface area contributed by atoms with Crippen LogP contribution in [-0.2, 0) is 14.6 Å². The van der Waals surface area contributed by atoms with Gasteiger partial charge in [-0.15, -0.1) is 0 Å². The van der Waals surface area contributed by atoms with Crippen molar-refractivity contribution in [2.75, 3.05) is 25.1 Å². The Balaban J connectivity index is 1.59. The molecule has 2 amide bonds. The third kappa shape index (κ3) is 3.73. The Morgan fingerprint density at radius 1 is 1.22 bits per heavy atom. The van der Waals surface area contributed by atoms with E-state index < -0.39 is 15.7 Å². The van der Waals surface area contributed by atoms with Gasteiger partial charge in [0.15, 0.2) is 9.84 Å². The van der Waals surface area contributed by atoms with E-state index in [9.17, 15) is 18.0 Å². The van der Waals surface area contributed by atoms with Gasteiger partial charge in [-0.1, -0.05) is 18.1 Å². The standard InChI is InChI=1S/C22H25N5O4S/c1-3-4-17(28)26-10-9-22(13-26)11-15(12-22)27-20(23)18(21(24)29)19(25-27)14-5-7-16(8-6-14)32(2,30)31/h5-8,15H,9-13,23H2,1-2H3,(H2,24,29). The number of aromatic nitrogens is 2. The highest BCUT2D eigenvalue weighted by Gasteiger charge is 2.51. The van der Waals surface area contributed by atoms with E-state index in [2.05, 4.69) is 16.9 Å². The summed E-state index contributed by atoms with van der Waals surface area (Å²) in [5, 5.41) is 4.59.